The number of carbonyl (C=O) groups is 2. The van der Waals surface area contributed by atoms with E-state index in [9.17, 15) is 18.0 Å². The van der Waals surface area contributed by atoms with Gasteiger partial charge in [-0.05, 0) is 31.0 Å². The minimum atomic E-state index is -3.63. The maximum absolute atomic E-state index is 12.0. The first-order valence-corrected chi connectivity index (χ1v) is 8.24. The number of hydrogen-bond acceptors (Lipinski definition) is 5. The van der Waals surface area contributed by atoms with Gasteiger partial charge in [0.1, 0.15) is 0 Å². The van der Waals surface area contributed by atoms with Gasteiger partial charge in [-0.15, -0.1) is 0 Å². The van der Waals surface area contributed by atoms with Gasteiger partial charge in [0.05, 0.1) is 10.5 Å². The van der Waals surface area contributed by atoms with Crippen LogP contribution in [0.25, 0.3) is 0 Å². The van der Waals surface area contributed by atoms with Crippen LogP contribution in [-0.2, 0) is 19.6 Å². The second kappa shape index (κ2) is 6.45. The summed E-state index contributed by atoms with van der Waals surface area (Å²) in [5, 5.41) is 2.69. The lowest BCUT2D eigenvalue weighted by Gasteiger charge is -2.12. The number of esters is 1. The highest BCUT2D eigenvalue weighted by atomic mass is 32.2. The topological polar surface area (TPSA) is 92.8 Å². The second-order valence-corrected chi connectivity index (χ2v) is 7.39. The maximum Gasteiger partial charge on any atom is 0.338 e. The number of nitrogens with one attached hydrogen (secondary N) is 1. The van der Waals surface area contributed by atoms with E-state index < -0.39 is 16.0 Å². The van der Waals surface area contributed by atoms with Crippen LogP contribution in [-0.4, -0.2) is 51.3 Å². The molecule has 0 atom stereocenters. The molecule has 0 heterocycles. The summed E-state index contributed by atoms with van der Waals surface area (Å²) in [5.74, 6) is -1.09. The summed E-state index contributed by atoms with van der Waals surface area (Å²) >= 11 is 0. The average Bonchev–Trinajstić information content (AvgIpc) is 3.28. The van der Waals surface area contributed by atoms with Gasteiger partial charge in [0, 0.05) is 20.1 Å². The van der Waals surface area contributed by atoms with Gasteiger partial charge >= 0.3 is 5.97 Å². The summed E-state index contributed by atoms with van der Waals surface area (Å²) < 4.78 is 30.0. The molecule has 1 aromatic rings. The predicted octanol–water partition coefficient (Wildman–Crippen LogP) is 0.372. The van der Waals surface area contributed by atoms with Gasteiger partial charge in [-0.25, -0.2) is 17.5 Å². The number of nitrogens with zero attached hydrogens (tertiary/aromatic N) is 1. The molecule has 1 fully saturated rings. The Bertz CT molecular complexity index is 680. The van der Waals surface area contributed by atoms with Crippen LogP contribution in [0, 0.1) is 0 Å². The smallest absolute Gasteiger partial charge is 0.338 e. The van der Waals surface area contributed by atoms with Crippen molar-refractivity contribution in [2.45, 2.75) is 23.8 Å². The Morgan fingerprint density at radius 1 is 1.32 bits per heavy atom. The van der Waals surface area contributed by atoms with Crippen molar-refractivity contribution in [2.24, 2.45) is 0 Å². The highest BCUT2D eigenvalue weighted by molar-refractivity contribution is 7.89. The summed E-state index contributed by atoms with van der Waals surface area (Å²) in [6.07, 6.45) is 1.90. The fraction of sp³-hybridized carbons (Fsp3) is 0.429. The van der Waals surface area contributed by atoms with Crippen LogP contribution in [0.4, 0.5) is 0 Å². The Morgan fingerprint density at radius 2 is 2.00 bits per heavy atom. The molecule has 1 saturated carbocycles. The van der Waals surface area contributed by atoms with Gasteiger partial charge in [0.15, 0.2) is 6.61 Å². The van der Waals surface area contributed by atoms with E-state index >= 15 is 0 Å². The number of benzene rings is 1. The molecule has 22 heavy (non-hydrogen) atoms. The Kier molecular flexibility index (Phi) is 4.82. The molecule has 2 rings (SSSR count). The lowest BCUT2D eigenvalue weighted by atomic mass is 10.2. The summed E-state index contributed by atoms with van der Waals surface area (Å²) in [7, 11) is -0.815. The SMILES string of the molecule is CN(C)S(=O)(=O)c1cccc(C(=O)OCC(=O)NC2CC2)c1. The monoisotopic (exact) mass is 326 g/mol. The molecule has 1 aliphatic rings. The van der Waals surface area contributed by atoms with E-state index in [1.807, 2.05) is 0 Å². The molecular formula is C14H18N2O5S. The van der Waals surface area contributed by atoms with Crippen LogP contribution in [0.2, 0.25) is 0 Å². The first-order valence-electron chi connectivity index (χ1n) is 6.80. The van der Waals surface area contributed by atoms with Crippen molar-refractivity contribution in [3.05, 3.63) is 29.8 Å². The number of carbonyl (C=O) groups excluding carboxylic acids is 2. The fourth-order valence-corrected chi connectivity index (χ4v) is 2.65. The Hall–Kier alpha value is -1.93. The van der Waals surface area contributed by atoms with E-state index in [2.05, 4.69) is 5.32 Å². The molecule has 1 amide bonds. The average molecular weight is 326 g/mol. The molecule has 1 aromatic carbocycles. The lowest BCUT2D eigenvalue weighted by molar-refractivity contribution is -0.124. The normalized spacial score (nSPS) is 14.7. The number of sulfonamides is 1. The predicted molar refractivity (Wildman–Crippen MR) is 78.8 cm³/mol. The molecule has 8 heteroatoms. The van der Waals surface area contributed by atoms with E-state index in [0.29, 0.717) is 0 Å². The van der Waals surface area contributed by atoms with Gasteiger partial charge < -0.3 is 10.1 Å². The number of amides is 1. The molecule has 1 N–H and O–H groups in total. The molecule has 0 spiro atoms. The molecule has 1 aliphatic carbocycles. The van der Waals surface area contributed by atoms with Gasteiger partial charge in [-0.2, -0.15) is 0 Å². The lowest BCUT2D eigenvalue weighted by Crippen LogP contribution is -2.30. The molecule has 0 bridgehead atoms. The van der Waals surface area contributed by atoms with E-state index in [1.54, 1.807) is 0 Å². The molecule has 0 aliphatic heterocycles. The first kappa shape index (κ1) is 16.4. The maximum atomic E-state index is 12.0. The van der Waals surface area contributed by atoms with Crippen molar-refractivity contribution in [1.29, 1.82) is 0 Å². The standard InChI is InChI=1S/C14H18N2O5S/c1-16(2)22(19,20)12-5-3-4-10(8-12)14(18)21-9-13(17)15-11-6-7-11/h3-5,8,11H,6-7,9H2,1-2H3,(H,15,17). The van der Waals surface area contributed by atoms with Crippen LogP contribution >= 0.6 is 0 Å². The summed E-state index contributed by atoms with van der Waals surface area (Å²) in [4.78, 5) is 23.3. The molecule has 0 aromatic heterocycles. The van der Waals surface area contributed by atoms with Gasteiger partial charge in [0.2, 0.25) is 10.0 Å². The third-order valence-electron chi connectivity index (χ3n) is 3.13. The van der Waals surface area contributed by atoms with Crippen LogP contribution in [0.3, 0.4) is 0 Å². The molecule has 0 radical (unpaired) electrons. The first-order chi connectivity index (χ1) is 10.3. The summed E-state index contributed by atoms with van der Waals surface area (Å²) in [6.45, 7) is -0.375. The Balaban J connectivity index is 2.02. The van der Waals surface area contributed by atoms with E-state index in [1.165, 1.54) is 38.4 Å². The molecule has 0 saturated heterocycles. The molecule has 0 unspecified atom stereocenters. The quantitative estimate of drug-likeness (QED) is 0.763. The van der Waals surface area contributed by atoms with Crippen LogP contribution in [0.1, 0.15) is 23.2 Å². The molecule has 7 nitrogen and oxygen atoms in total. The Morgan fingerprint density at radius 3 is 2.59 bits per heavy atom. The largest absolute Gasteiger partial charge is 0.452 e. The van der Waals surface area contributed by atoms with E-state index in [-0.39, 0.29) is 29.0 Å². The zero-order valence-electron chi connectivity index (χ0n) is 12.4. The zero-order valence-corrected chi connectivity index (χ0v) is 13.2. The van der Waals surface area contributed by atoms with Gasteiger partial charge in [-0.1, -0.05) is 6.07 Å². The fourth-order valence-electron chi connectivity index (χ4n) is 1.71. The van der Waals surface area contributed by atoms with Gasteiger partial charge in [-0.3, -0.25) is 4.79 Å². The highest BCUT2D eigenvalue weighted by Gasteiger charge is 2.24. The Labute approximate surface area is 129 Å². The molecular weight excluding hydrogens is 308 g/mol. The number of rotatable bonds is 6. The van der Waals surface area contributed by atoms with E-state index in [4.69, 9.17) is 4.74 Å². The minimum absolute atomic E-state index is 0.00520. The van der Waals surface area contributed by atoms with Crippen molar-refractivity contribution in [2.75, 3.05) is 20.7 Å². The van der Waals surface area contributed by atoms with Crippen LogP contribution in [0.15, 0.2) is 29.2 Å². The van der Waals surface area contributed by atoms with Crippen molar-refractivity contribution in [3.63, 3.8) is 0 Å². The van der Waals surface area contributed by atoms with Crippen molar-refractivity contribution < 1.29 is 22.7 Å². The number of hydrogen-bond donors (Lipinski definition) is 1. The third-order valence-corrected chi connectivity index (χ3v) is 4.94. The van der Waals surface area contributed by atoms with Crippen molar-refractivity contribution in [3.8, 4) is 0 Å². The summed E-state index contributed by atoms with van der Waals surface area (Å²) in [6, 6.07) is 5.72. The molecule has 120 valence electrons. The van der Waals surface area contributed by atoms with Crippen LogP contribution < -0.4 is 5.32 Å². The third kappa shape index (κ3) is 4.05. The van der Waals surface area contributed by atoms with E-state index in [0.717, 1.165) is 17.1 Å². The number of ether oxygens (including phenoxy) is 1. The minimum Gasteiger partial charge on any atom is -0.452 e. The second-order valence-electron chi connectivity index (χ2n) is 5.23. The van der Waals surface area contributed by atoms with Crippen molar-refractivity contribution in [1.82, 2.24) is 9.62 Å². The van der Waals surface area contributed by atoms with Crippen LogP contribution in [0.5, 0.6) is 0 Å². The van der Waals surface area contributed by atoms with Crippen molar-refractivity contribution >= 4 is 21.9 Å². The summed E-state index contributed by atoms with van der Waals surface area (Å²) in [5.41, 5.74) is 0.0853. The zero-order chi connectivity index (χ0) is 16.3. The highest BCUT2D eigenvalue weighted by Crippen LogP contribution is 2.18. The van der Waals surface area contributed by atoms with Gasteiger partial charge in [0.25, 0.3) is 5.91 Å².